The Morgan fingerprint density at radius 3 is 2.50 bits per heavy atom. The maximum absolute atomic E-state index is 12.0. The van der Waals surface area contributed by atoms with Gasteiger partial charge in [0.15, 0.2) is 5.70 Å². The molecule has 2 aromatic rings. The summed E-state index contributed by atoms with van der Waals surface area (Å²) in [5.74, 6) is 0.676. The molecular formula is C22H21NO3. The highest BCUT2D eigenvalue weighted by atomic mass is 16.6. The van der Waals surface area contributed by atoms with Gasteiger partial charge in [0.2, 0.25) is 5.90 Å². The molecule has 0 saturated carbocycles. The van der Waals surface area contributed by atoms with Crippen molar-refractivity contribution in [3.63, 3.8) is 0 Å². The van der Waals surface area contributed by atoms with Crippen molar-refractivity contribution in [1.82, 2.24) is 0 Å². The number of unbranched alkanes of at least 4 members (excludes halogenated alkanes) is 1. The lowest BCUT2D eigenvalue weighted by Crippen LogP contribution is -2.01. The summed E-state index contributed by atoms with van der Waals surface area (Å²) in [5.41, 5.74) is 2.18. The monoisotopic (exact) mass is 347 g/mol. The van der Waals surface area contributed by atoms with E-state index in [4.69, 9.17) is 9.47 Å². The summed E-state index contributed by atoms with van der Waals surface area (Å²) in [4.78, 5) is 16.2. The molecule has 0 amide bonds. The predicted molar refractivity (Wildman–Crippen MR) is 104 cm³/mol. The Balaban J connectivity index is 1.67. The number of carbonyl (C=O) groups excluding carboxylic acids is 1. The van der Waals surface area contributed by atoms with E-state index in [1.54, 1.807) is 12.2 Å². The van der Waals surface area contributed by atoms with Crippen LogP contribution in [0.4, 0.5) is 0 Å². The van der Waals surface area contributed by atoms with Gasteiger partial charge in [-0.2, -0.15) is 0 Å². The smallest absolute Gasteiger partial charge is 0.363 e. The minimum Gasteiger partial charge on any atom is -0.494 e. The Morgan fingerprint density at radius 2 is 1.77 bits per heavy atom. The van der Waals surface area contributed by atoms with Crippen LogP contribution in [0.3, 0.4) is 0 Å². The molecule has 1 aliphatic rings. The van der Waals surface area contributed by atoms with Gasteiger partial charge in [-0.25, -0.2) is 9.79 Å². The Kier molecular flexibility index (Phi) is 5.99. The number of cyclic esters (lactones) is 1. The molecule has 3 rings (SSSR count). The Labute approximate surface area is 153 Å². The standard InChI is InChI=1S/C22H21NO3/c1-2-3-15-25-19-12-9-18(10-13-19)16-20-22(24)26-21(23-20)14-11-17-7-5-4-6-8-17/h4-14,16H,2-3,15H2,1H3/b14-11+,20-16-. The molecule has 0 N–H and O–H groups in total. The van der Waals surface area contributed by atoms with E-state index in [1.807, 2.05) is 60.7 Å². The molecule has 0 aliphatic carbocycles. The highest BCUT2D eigenvalue weighted by Crippen LogP contribution is 2.19. The Morgan fingerprint density at radius 1 is 1.00 bits per heavy atom. The number of hydrogen-bond acceptors (Lipinski definition) is 4. The maximum Gasteiger partial charge on any atom is 0.363 e. The zero-order valence-electron chi connectivity index (χ0n) is 14.7. The molecule has 0 saturated heterocycles. The number of nitrogens with zero attached hydrogens (tertiary/aromatic N) is 1. The maximum atomic E-state index is 12.0. The van der Waals surface area contributed by atoms with Crippen LogP contribution in [0.1, 0.15) is 30.9 Å². The zero-order chi connectivity index (χ0) is 18.2. The van der Waals surface area contributed by atoms with E-state index in [0.29, 0.717) is 12.5 Å². The second kappa shape index (κ2) is 8.81. The number of aliphatic imine (C=N–C) groups is 1. The SMILES string of the molecule is CCCCOc1ccc(/C=C2N=C(/C=C/c3ccccc3)OC\2=O)cc1. The third-order valence-corrected chi connectivity index (χ3v) is 3.81. The van der Waals surface area contributed by atoms with Crippen LogP contribution < -0.4 is 4.74 Å². The van der Waals surface area contributed by atoms with Crippen LogP contribution in [0.15, 0.2) is 71.4 Å². The number of ether oxygens (including phenoxy) is 2. The average molecular weight is 347 g/mol. The fourth-order valence-corrected chi connectivity index (χ4v) is 2.38. The molecule has 1 heterocycles. The molecule has 0 spiro atoms. The number of carbonyl (C=O) groups is 1. The molecule has 0 unspecified atom stereocenters. The van der Waals surface area contributed by atoms with Crippen molar-refractivity contribution in [3.05, 3.63) is 77.5 Å². The van der Waals surface area contributed by atoms with Gasteiger partial charge in [-0.3, -0.25) is 0 Å². The number of esters is 1. The van der Waals surface area contributed by atoms with E-state index < -0.39 is 5.97 Å². The lowest BCUT2D eigenvalue weighted by molar-refractivity contribution is -0.129. The second-order valence-electron chi connectivity index (χ2n) is 5.88. The van der Waals surface area contributed by atoms with E-state index >= 15 is 0 Å². The van der Waals surface area contributed by atoms with Crippen molar-refractivity contribution in [2.24, 2.45) is 4.99 Å². The highest BCUT2D eigenvalue weighted by molar-refractivity contribution is 6.11. The summed E-state index contributed by atoms with van der Waals surface area (Å²) in [6.45, 7) is 2.84. The van der Waals surface area contributed by atoms with Gasteiger partial charge in [-0.05, 0) is 41.8 Å². The van der Waals surface area contributed by atoms with Gasteiger partial charge in [0.25, 0.3) is 0 Å². The van der Waals surface area contributed by atoms with Crippen LogP contribution in [0, 0.1) is 0 Å². The Hall–Kier alpha value is -3.14. The van der Waals surface area contributed by atoms with Crippen LogP contribution in [0.2, 0.25) is 0 Å². The molecule has 26 heavy (non-hydrogen) atoms. The van der Waals surface area contributed by atoms with Crippen molar-refractivity contribution in [1.29, 1.82) is 0 Å². The minimum atomic E-state index is -0.444. The summed E-state index contributed by atoms with van der Waals surface area (Å²) in [6.07, 6.45) is 7.40. The highest BCUT2D eigenvalue weighted by Gasteiger charge is 2.21. The molecule has 132 valence electrons. The van der Waals surface area contributed by atoms with E-state index in [-0.39, 0.29) is 5.70 Å². The summed E-state index contributed by atoms with van der Waals surface area (Å²) in [5, 5.41) is 0. The van der Waals surface area contributed by atoms with Gasteiger partial charge in [-0.1, -0.05) is 55.8 Å². The normalized spacial score (nSPS) is 15.3. The first-order chi connectivity index (χ1) is 12.7. The van der Waals surface area contributed by atoms with E-state index in [1.165, 1.54) is 0 Å². The lowest BCUT2D eigenvalue weighted by Gasteiger charge is -2.05. The average Bonchev–Trinajstić information content (AvgIpc) is 3.02. The number of benzene rings is 2. The largest absolute Gasteiger partial charge is 0.494 e. The first kappa shape index (κ1) is 17.7. The summed E-state index contributed by atoms with van der Waals surface area (Å²) < 4.78 is 10.8. The molecule has 4 nitrogen and oxygen atoms in total. The Bertz CT molecular complexity index is 833. The lowest BCUT2D eigenvalue weighted by atomic mass is 10.2. The molecule has 2 aromatic carbocycles. The van der Waals surface area contributed by atoms with Crippen molar-refractivity contribution < 1.29 is 14.3 Å². The van der Waals surface area contributed by atoms with Gasteiger partial charge < -0.3 is 9.47 Å². The van der Waals surface area contributed by atoms with Crippen LogP contribution >= 0.6 is 0 Å². The van der Waals surface area contributed by atoms with Crippen LogP contribution in [-0.4, -0.2) is 18.5 Å². The molecule has 0 aromatic heterocycles. The molecule has 1 aliphatic heterocycles. The van der Waals surface area contributed by atoms with Crippen molar-refractivity contribution in [2.45, 2.75) is 19.8 Å². The molecule has 0 bridgehead atoms. The number of hydrogen-bond donors (Lipinski definition) is 0. The minimum absolute atomic E-state index is 0.289. The predicted octanol–water partition coefficient (Wildman–Crippen LogP) is 4.88. The molecule has 0 fully saturated rings. The van der Waals surface area contributed by atoms with Crippen LogP contribution in [0.5, 0.6) is 5.75 Å². The van der Waals surface area contributed by atoms with Crippen molar-refractivity contribution >= 4 is 24.0 Å². The quantitative estimate of drug-likeness (QED) is 0.408. The second-order valence-corrected chi connectivity index (χ2v) is 5.88. The molecule has 0 radical (unpaired) electrons. The zero-order valence-corrected chi connectivity index (χ0v) is 14.7. The van der Waals surface area contributed by atoms with Gasteiger partial charge >= 0.3 is 5.97 Å². The van der Waals surface area contributed by atoms with E-state index in [9.17, 15) is 4.79 Å². The molecule has 4 heteroatoms. The van der Waals surface area contributed by atoms with Gasteiger partial charge in [0.05, 0.1) is 6.61 Å². The third kappa shape index (κ3) is 4.93. The summed E-state index contributed by atoms with van der Waals surface area (Å²) in [7, 11) is 0. The molecule has 0 atom stereocenters. The first-order valence-corrected chi connectivity index (χ1v) is 8.73. The topological polar surface area (TPSA) is 47.9 Å². The number of rotatable bonds is 7. The van der Waals surface area contributed by atoms with Gasteiger partial charge in [0.1, 0.15) is 5.75 Å². The van der Waals surface area contributed by atoms with E-state index in [0.717, 1.165) is 29.7 Å². The van der Waals surface area contributed by atoms with Crippen LogP contribution in [0.25, 0.3) is 12.2 Å². The fraction of sp³-hybridized carbons (Fsp3) is 0.182. The molecular weight excluding hydrogens is 326 g/mol. The van der Waals surface area contributed by atoms with Crippen molar-refractivity contribution in [2.75, 3.05) is 6.61 Å². The van der Waals surface area contributed by atoms with Gasteiger partial charge in [0, 0.05) is 6.08 Å². The summed E-state index contributed by atoms with van der Waals surface area (Å²) >= 11 is 0. The van der Waals surface area contributed by atoms with Gasteiger partial charge in [-0.15, -0.1) is 0 Å². The first-order valence-electron chi connectivity index (χ1n) is 8.73. The van der Waals surface area contributed by atoms with Crippen LogP contribution in [-0.2, 0) is 9.53 Å². The van der Waals surface area contributed by atoms with Crippen molar-refractivity contribution in [3.8, 4) is 5.75 Å². The summed E-state index contributed by atoms with van der Waals surface area (Å²) in [6, 6.07) is 17.4. The third-order valence-electron chi connectivity index (χ3n) is 3.81. The van der Waals surface area contributed by atoms with E-state index in [2.05, 4.69) is 11.9 Å². The fourth-order valence-electron chi connectivity index (χ4n) is 2.38.